The number of anilines is 1. The summed E-state index contributed by atoms with van der Waals surface area (Å²) >= 11 is 7.31. The summed E-state index contributed by atoms with van der Waals surface area (Å²) < 4.78 is 5.82. The number of aliphatic imine (C=N–C) groups is 1. The number of benzene rings is 2. The van der Waals surface area contributed by atoms with E-state index in [-0.39, 0.29) is 11.6 Å². The molecule has 1 aromatic heterocycles. The van der Waals surface area contributed by atoms with Crippen molar-refractivity contribution in [1.29, 1.82) is 0 Å². The second kappa shape index (κ2) is 9.36. The molecule has 0 bridgehead atoms. The van der Waals surface area contributed by atoms with Crippen LogP contribution in [0.5, 0.6) is 0 Å². The van der Waals surface area contributed by atoms with E-state index in [1.165, 1.54) is 23.9 Å². The van der Waals surface area contributed by atoms with Crippen molar-refractivity contribution in [2.24, 2.45) is 4.99 Å². The molecule has 2 aliphatic heterocycles. The van der Waals surface area contributed by atoms with Gasteiger partial charge in [0.15, 0.2) is 5.17 Å². The van der Waals surface area contributed by atoms with E-state index in [2.05, 4.69) is 14.8 Å². The fourth-order valence-corrected chi connectivity index (χ4v) is 4.90. The second-order valence-corrected chi connectivity index (χ2v) is 9.22. The summed E-state index contributed by atoms with van der Waals surface area (Å²) in [6, 6.07) is 17.5. The monoisotopic (exact) mass is 494 g/mol. The highest BCUT2D eigenvalue weighted by molar-refractivity contribution is 8.18. The summed E-state index contributed by atoms with van der Waals surface area (Å²) in [4.78, 5) is 32.2. The van der Waals surface area contributed by atoms with Crippen molar-refractivity contribution in [3.05, 3.63) is 86.5 Å². The van der Waals surface area contributed by atoms with E-state index in [0.29, 0.717) is 32.2 Å². The maximum Gasteiger partial charge on any atom is 0.286 e. The van der Waals surface area contributed by atoms with Crippen molar-refractivity contribution < 1.29 is 14.1 Å². The van der Waals surface area contributed by atoms with Crippen molar-refractivity contribution in [3.63, 3.8) is 0 Å². The number of amides is 1. The number of hydrogen-bond donors (Lipinski definition) is 0. The largest absolute Gasteiger partial charge is 0.457 e. The number of piperazine rings is 1. The van der Waals surface area contributed by atoms with Crippen molar-refractivity contribution in [3.8, 4) is 11.3 Å². The molecule has 172 valence electrons. The van der Waals surface area contributed by atoms with Gasteiger partial charge in [-0.3, -0.25) is 14.9 Å². The molecule has 5 rings (SSSR count). The number of rotatable bonds is 4. The first-order valence-electron chi connectivity index (χ1n) is 10.6. The highest BCUT2D eigenvalue weighted by Crippen LogP contribution is 2.33. The Labute approximate surface area is 204 Å². The molecule has 3 heterocycles. The van der Waals surface area contributed by atoms with Crippen LogP contribution in [0.15, 0.2) is 75.0 Å². The van der Waals surface area contributed by atoms with Crippen LogP contribution in [0, 0.1) is 10.1 Å². The average molecular weight is 495 g/mol. The fraction of sp³-hybridized carbons (Fsp3) is 0.167. The highest BCUT2D eigenvalue weighted by atomic mass is 35.5. The molecule has 1 fully saturated rings. The maximum absolute atomic E-state index is 12.5. The Hall–Kier alpha value is -3.56. The number of amidine groups is 1. The molecule has 0 atom stereocenters. The molecule has 10 heteroatoms. The lowest BCUT2D eigenvalue weighted by molar-refractivity contribution is -0.384. The van der Waals surface area contributed by atoms with Gasteiger partial charge in [0, 0.05) is 60.7 Å². The van der Waals surface area contributed by atoms with E-state index in [9.17, 15) is 14.9 Å². The van der Waals surface area contributed by atoms with Crippen LogP contribution in [-0.2, 0) is 4.79 Å². The molecule has 3 aromatic rings. The smallest absolute Gasteiger partial charge is 0.286 e. The van der Waals surface area contributed by atoms with Crippen molar-refractivity contribution in [2.75, 3.05) is 31.1 Å². The topological polar surface area (TPSA) is 92.2 Å². The predicted octanol–water partition coefficient (Wildman–Crippen LogP) is 5.30. The molecule has 0 aliphatic carbocycles. The third-order valence-corrected chi connectivity index (χ3v) is 6.89. The minimum Gasteiger partial charge on any atom is -0.457 e. The molecule has 1 amide bonds. The lowest BCUT2D eigenvalue weighted by Crippen LogP contribution is -2.47. The Morgan fingerprint density at radius 3 is 2.50 bits per heavy atom. The number of thioether (sulfide) groups is 1. The van der Waals surface area contributed by atoms with Gasteiger partial charge >= 0.3 is 0 Å². The molecule has 2 aromatic carbocycles. The van der Waals surface area contributed by atoms with Crippen LogP contribution in [0.2, 0.25) is 5.02 Å². The average Bonchev–Trinajstić information content (AvgIpc) is 3.47. The zero-order chi connectivity index (χ0) is 23.7. The Kier molecular flexibility index (Phi) is 6.12. The van der Waals surface area contributed by atoms with Crippen LogP contribution in [0.1, 0.15) is 5.76 Å². The molecule has 0 unspecified atom stereocenters. The molecule has 2 aliphatic rings. The van der Waals surface area contributed by atoms with E-state index in [0.717, 1.165) is 31.9 Å². The quantitative estimate of drug-likeness (QED) is 0.276. The first-order valence-corrected chi connectivity index (χ1v) is 11.8. The molecule has 0 saturated carbocycles. The Morgan fingerprint density at radius 1 is 1.03 bits per heavy atom. The SMILES string of the molecule is O=C1N=C(N2CCN(c3ccc(Cl)cc3)CC2)SC1=Cc1ccc(-c2cccc([N+](=O)[O-])c2)o1. The number of halogens is 1. The molecular formula is C24H19ClN4O4S. The van der Waals surface area contributed by atoms with Gasteiger partial charge in [-0.05, 0) is 48.2 Å². The number of carbonyl (C=O) groups is 1. The van der Waals surface area contributed by atoms with Gasteiger partial charge in [0.1, 0.15) is 11.5 Å². The van der Waals surface area contributed by atoms with E-state index in [1.54, 1.807) is 30.3 Å². The second-order valence-electron chi connectivity index (χ2n) is 7.77. The van der Waals surface area contributed by atoms with Gasteiger partial charge in [0.25, 0.3) is 11.6 Å². The Balaban J connectivity index is 1.24. The van der Waals surface area contributed by atoms with E-state index in [4.69, 9.17) is 16.0 Å². The number of non-ortho nitro benzene ring substituents is 1. The minimum absolute atomic E-state index is 0.00969. The summed E-state index contributed by atoms with van der Waals surface area (Å²) in [6.07, 6.45) is 1.66. The number of hydrogen-bond acceptors (Lipinski definition) is 7. The minimum atomic E-state index is -0.447. The lowest BCUT2D eigenvalue weighted by atomic mass is 10.1. The first kappa shape index (κ1) is 22.2. The van der Waals surface area contributed by atoms with Gasteiger partial charge in [0.05, 0.1) is 9.83 Å². The standard InChI is InChI=1S/C24H19ClN4O4S/c25-17-4-6-18(7-5-17)27-10-12-28(13-11-27)24-26-23(30)22(34-24)15-20-8-9-21(33-20)16-2-1-3-19(14-16)29(31)32/h1-9,14-15H,10-13H2. The third kappa shape index (κ3) is 4.71. The van der Waals surface area contributed by atoms with Gasteiger partial charge in [-0.2, -0.15) is 4.99 Å². The van der Waals surface area contributed by atoms with Gasteiger partial charge in [-0.25, -0.2) is 0 Å². The summed E-state index contributed by atoms with van der Waals surface area (Å²) in [6.45, 7) is 3.15. The number of nitro groups is 1. The molecular weight excluding hydrogens is 476 g/mol. The van der Waals surface area contributed by atoms with E-state index >= 15 is 0 Å². The number of furan rings is 1. The molecule has 0 radical (unpaired) electrons. The van der Waals surface area contributed by atoms with Gasteiger partial charge < -0.3 is 14.2 Å². The van der Waals surface area contributed by atoms with Gasteiger partial charge in [-0.15, -0.1) is 0 Å². The molecule has 8 nitrogen and oxygen atoms in total. The van der Waals surface area contributed by atoms with Crippen molar-refractivity contribution >= 4 is 51.9 Å². The molecule has 1 saturated heterocycles. The number of nitrogens with zero attached hydrogens (tertiary/aromatic N) is 4. The summed E-state index contributed by atoms with van der Waals surface area (Å²) in [5.41, 5.74) is 1.71. The van der Waals surface area contributed by atoms with E-state index < -0.39 is 4.92 Å². The lowest BCUT2D eigenvalue weighted by Gasteiger charge is -2.36. The highest BCUT2D eigenvalue weighted by Gasteiger charge is 2.29. The molecule has 0 N–H and O–H groups in total. The van der Waals surface area contributed by atoms with Crippen LogP contribution in [0.3, 0.4) is 0 Å². The molecule has 34 heavy (non-hydrogen) atoms. The zero-order valence-electron chi connectivity index (χ0n) is 17.9. The third-order valence-electron chi connectivity index (χ3n) is 5.59. The number of nitro benzene ring substituents is 1. The van der Waals surface area contributed by atoms with Gasteiger partial charge in [0.2, 0.25) is 0 Å². The normalized spacial score (nSPS) is 17.4. The summed E-state index contributed by atoms with van der Waals surface area (Å²) in [5.74, 6) is 0.681. The first-order chi connectivity index (χ1) is 16.5. The van der Waals surface area contributed by atoms with E-state index in [1.807, 2.05) is 24.3 Å². The van der Waals surface area contributed by atoms with Crippen LogP contribution in [0.4, 0.5) is 11.4 Å². The van der Waals surface area contributed by atoms with Crippen LogP contribution in [0.25, 0.3) is 17.4 Å². The maximum atomic E-state index is 12.5. The summed E-state index contributed by atoms with van der Waals surface area (Å²) in [5, 5.41) is 12.4. The van der Waals surface area contributed by atoms with Crippen LogP contribution in [-0.4, -0.2) is 47.1 Å². The van der Waals surface area contributed by atoms with Crippen LogP contribution >= 0.6 is 23.4 Å². The van der Waals surface area contributed by atoms with Crippen molar-refractivity contribution in [1.82, 2.24) is 4.90 Å². The predicted molar refractivity (Wildman–Crippen MR) is 134 cm³/mol. The molecule has 0 spiro atoms. The zero-order valence-corrected chi connectivity index (χ0v) is 19.5. The Bertz CT molecular complexity index is 1310. The fourth-order valence-electron chi connectivity index (χ4n) is 3.83. The van der Waals surface area contributed by atoms with Gasteiger partial charge in [-0.1, -0.05) is 23.7 Å². The summed E-state index contributed by atoms with van der Waals surface area (Å²) in [7, 11) is 0. The van der Waals surface area contributed by atoms with Crippen molar-refractivity contribution in [2.45, 2.75) is 0 Å². The number of carbonyl (C=O) groups excluding carboxylic acids is 1. The van der Waals surface area contributed by atoms with Crippen LogP contribution < -0.4 is 4.90 Å². The Morgan fingerprint density at radius 2 is 1.76 bits per heavy atom.